The lowest BCUT2D eigenvalue weighted by Gasteiger charge is -2.35. The monoisotopic (exact) mass is 284 g/mol. The molecule has 19 heavy (non-hydrogen) atoms. The number of hydrogen-bond acceptors (Lipinski definition) is 4. The molecule has 0 aromatic heterocycles. The second-order valence-corrected chi connectivity index (χ2v) is 4.84. The lowest BCUT2D eigenvalue weighted by atomic mass is 9.93. The lowest BCUT2D eigenvalue weighted by Crippen LogP contribution is -2.44. The van der Waals surface area contributed by atoms with Crippen LogP contribution in [0.2, 0.25) is 0 Å². The molecule has 0 spiro atoms. The molecule has 1 heterocycles. The van der Waals surface area contributed by atoms with Gasteiger partial charge in [-0.05, 0) is 20.8 Å². The van der Waals surface area contributed by atoms with Gasteiger partial charge in [-0.2, -0.15) is 0 Å². The van der Waals surface area contributed by atoms with Crippen LogP contribution in [0, 0.1) is 0 Å². The average molecular weight is 284 g/mol. The van der Waals surface area contributed by atoms with Gasteiger partial charge in [0.15, 0.2) is 0 Å². The van der Waals surface area contributed by atoms with Crippen LogP contribution in [-0.4, -0.2) is 48.1 Å². The van der Waals surface area contributed by atoms with Crippen molar-refractivity contribution in [1.29, 1.82) is 0 Å². The molecule has 0 radical (unpaired) electrons. The van der Waals surface area contributed by atoms with E-state index in [1.807, 2.05) is 6.92 Å². The molecule has 1 amide bonds. The molecule has 1 atom stereocenters. The van der Waals surface area contributed by atoms with Crippen LogP contribution in [0.25, 0.3) is 0 Å². The maximum absolute atomic E-state index is 11.8. The van der Waals surface area contributed by atoms with Crippen LogP contribution in [0.15, 0.2) is 16.1 Å². The zero-order chi connectivity index (χ0) is 14.6. The Bertz CT molecular complexity index is 443. The predicted molar refractivity (Wildman–Crippen MR) is 77.9 cm³/mol. The average Bonchev–Trinajstić information content (AvgIpc) is 2.37. The van der Waals surface area contributed by atoms with E-state index in [0.29, 0.717) is 25.1 Å². The molecule has 1 saturated heterocycles. The van der Waals surface area contributed by atoms with Crippen molar-refractivity contribution in [3.05, 3.63) is 11.1 Å². The number of ether oxygens (including phenoxy) is 1. The highest BCUT2D eigenvalue weighted by Gasteiger charge is 2.30. The third-order valence-electron chi connectivity index (χ3n) is 3.25. The Balaban J connectivity index is 3.11. The summed E-state index contributed by atoms with van der Waals surface area (Å²) in [7, 11) is 1.69. The van der Waals surface area contributed by atoms with Crippen LogP contribution in [0.1, 0.15) is 27.2 Å². The number of amides is 1. The first-order valence-corrected chi connectivity index (χ1v) is 6.69. The fourth-order valence-corrected chi connectivity index (χ4v) is 2.38. The number of hydrogen-bond donors (Lipinski definition) is 1. The standard InChI is InChI=1S/C13H20N2O3S/c1-5-18-12(16)9(3)10-7-15(13(17)19)8(2)6-11(10)14-4/h8H,5-7H2,1-4H3,(H,17,19)/b10-9+,14-11-/t8-/m1/s1. The summed E-state index contributed by atoms with van der Waals surface area (Å²) in [5.74, 6) is -0.361. The van der Waals surface area contributed by atoms with E-state index in [0.717, 1.165) is 11.3 Å². The van der Waals surface area contributed by atoms with Gasteiger partial charge in [-0.1, -0.05) is 12.6 Å². The molecular weight excluding hydrogens is 264 g/mol. The van der Waals surface area contributed by atoms with E-state index in [4.69, 9.17) is 4.74 Å². The first kappa shape index (κ1) is 15.8. The van der Waals surface area contributed by atoms with Crippen LogP contribution in [0.5, 0.6) is 0 Å². The van der Waals surface area contributed by atoms with E-state index in [-0.39, 0.29) is 17.3 Å². The van der Waals surface area contributed by atoms with E-state index in [1.165, 1.54) is 0 Å². The molecule has 0 unspecified atom stereocenters. The van der Waals surface area contributed by atoms with Gasteiger partial charge >= 0.3 is 5.97 Å². The number of aliphatic imine (C=N–C) groups is 1. The number of thiol groups is 1. The number of rotatable bonds is 2. The highest BCUT2D eigenvalue weighted by molar-refractivity contribution is 7.96. The summed E-state index contributed by atoms with van der Waals surface area (Å²) in [6.45, 7) is 6.08. The molecular formula is C13H20N2O3S. The Hall–Kier alpha value is -1.30. The number of esters is 1. The maximum atomic E-state index is 11.8. The summed E-state index contributed by atoms with van der Waals surface area (Å²) in [5.41, 5.74) is 2.12. The third-order valence-corrected chi connectivity index (χ3v) is 3.50. The fraction of sp³-hybridized carbons (Fsp3) is 0.615. The van der Waals surface area contributed by atoms with E-state index >= 15 is 0 Å². The minimum Gasteiger partial charge on any atom is -0.463 e. The molecule has 0 aliphatic carbocycles. The van der Waals surface area contributed by atoms with Gasteiger partial charge in [0.05, 0.1) is 6.61 Å². The number of nitrogens with zero attached hydrogens (tertiary/aromatic N) is 2. The van der Waals surface area contributed by atoms with Gasteiger partial charge in [-0.3, -0.25) is 9.79 Å². The smallest absolute Gasteiger partial charge is 0.334 e. The zero-order valence-electron chi connectivity index (χ0n) is 11.8. The van der Waals surface area contributed by atoms with Gasteiger partial charge in [0.25, 0.3) is 5.24 Å². The van der Waals surface area contributed by atoms with E-state index in [1.54, 1.807) is 25.8 Å². The van der Waals surface area contributed by atoms with Gasteiger partial charge in [-0.15, -0.1) is 0 Å². The van der Waals surface area contributed by atoms with Crippen molar-refractivity contribution in [3.63, 3.8) is 0 Å². The molecule has 1 rings (SSSR count). The molecule has 0 bridgehead atoms. The van der Waals surface area contributed by atoms with Crippen molar-refractivity contribution in [2.45, 2.75) is 33.2 Å². The molecule has 1 aliphatic rings. The number of carbonyl (C=O) groups is 2. The molecule has 0 saturated carbocycles. The minimum atomic E-state index is -0.361. The summed E-state index contributed by atoms with van der Waals surface area (Å²) >= 11 is 3.87. The number of likely N-dealkylation sites (tertiary alicyclic amines) is 1. The molecule has 0 aromatic carbocycles. The number of carbonyl (C=O) groups excluding carboxylic acids is 2. The van der Waals surface area contributed by atoms with Crippen molar-refractivity contribution in [2.75, 3.05) is 20.2 Å². The summed E-state index contributed by atoms with van der Waals surface area (Å²) in [6.07, 6.45) is 0.620. The lowest BCUT2D eigenvalue weighted by molar-refractivity contribution is -0.138. The number of piperidine rings is 1. The Morgan fingerprint density at radius 3 is 2.63 bits per heavy atom. The largest absolute Gasteiger partial charge is 0.463 e. The molecule has 1 aliphatic heterocycles. The molecule has 0 N–H and O–H groups in total. The summed E-state index contributed by atoms with van der Waals surface area (Å²) in [5, 5.41) is -0.295. The van der Waals surface area contributed by atoms with Crippen molar-refractivity contribution >= 4 is 29.5 Å². The second-order valence-electron chi connectivity index (χ2n) is 4.46. The van der Waals surface area contributed by atoms with Crippen molar-refractivity contribution < 1.29 is 14.3 Å². The van der Waals surface area contributed by atoms with Crippen LogP contribution < -0.4 is 0 Å². The molecule has 0 aromatic rings. The Morgan fingerprint density at radius 2 is 2.16 bits per heavy atom. The van der Waals surface area contributed by atoms with Gasteiger partial charge < -0.3 is 9.64 Å². The summed E-state index contributed by atoms with van der Waals surface area (Å²) < 4.78 is 5.00. The van der Waals surface area contributed by atoms with Crippen LogP contribution in [0.4, 0.5) is 4.79 Å². The zero-order valence-corrected chi connectivity index (χ0v) is 12.7. The topological polar surface area (TPSA) is 59.0 Å². The first-order chi connectivity index (χ1) is 8.92. The second kappa shape index (κ2) is 6.75. The van der Waals surface area contributed by atoms with Crippen LogP contribution in [0.3, 0.4) is 0 Å². The van der Waals surface area contributed by atoms with Gasteiger partial charge in [0.1, 0.15) is 0 Å². The van der Waals surface area contributed by atoms with Crippen molar-refractivity contribution in [1.82, 2.24) is 4.90 Å². The first-order valence-electron chi connectivity index (χ1n) is 6.24. The molecule has 1 fully saturated rings. The summed E-state index contributed by atoms with van der Waals surface area (Å²) in [6, 6.07) is 0.0300. The third kappa shape index (κ3) is 3.59. The maximum Gasteiger partial charge on any atom is 0.334 e. The Labute approximate surface area is 119 Å². The van der Waals surface area contributed by atoms with Crippen LogP contribution >= 0.6 is 12.6 Å². The Morgan fingerprint density at radius 1 is 1.53 bits per heavy atom. The quantitative estimate of drug-likeness (QED) is 0.480. The summed E-state index contributed by atoms with van der Waals surface area (Å²) in [4.78, 5) is 29.1. The van der Waals surface area contributed by atoms with E-state index < -0.39 is 0 Å². The normalized spacial score (nSPS) is 24.4. The Kier molecular flexibility index (Phi) is 5.60. The van der Waals surface area contributed by atoms with Crippen LogP contribution in [-0.2, 0) is 9.53 Å². The SMILES string of the molecule is CCOC(=O)/C(C)=C1\CN(C(=O)S)[C@H](C)C\C1=N\C. The predicted octanol–water partition coefficient (Wildman–Crippen LogP) is 2.08. The van der Waals surface area contributed by atoms with E-state index in [9.17, 15) is 9.59 Å². The van der Waals surface area contributed by atoms with Gasteiger partial charge in [0, 0.05) is 42.9 Å². The van der Waals surface area contributed by atoms with Gasteiger partial charge in [0.2, 0.25) is 0 Å². The fourth-order valence-electron chi connectivity index (χ4n) is 2.11. The van der Waals surface area contributed by atoms with Crippen molar-refractivity contribution in [2.24, 2.45) is 4.99 Å². The van der Waals surface area contributed by atoms with E-state index in [2.05, 4.69) is 17.6 Å². The molecule has 6 heteroatoms. The van der Waals surface area contributed by atoms with Gasteiger partial charge in [-0.25, -0.2) is 4.79 Å². The highest BCUT2D eigenvalue weighted by atomic mass is 32.1. The highest BCUT2D eigenvalue weighted by Crippen LogP contribution is 2.23. The minimum absolute atomic E-state index is 0.0300. The van der Waals surface area contributed by atoms with Crippen molar-refractivity contribution in [3.8, 4) is 0 Å². The molecule has 106 valence electrons. The molecule has 5 nitrogen and oxygen atoms in total.